The van der Waals surface area contributed by atoms with E-state index < -0.39 is 0 Å². The summed E-state index contributed by atoms with van der Waals surface area (Å²) in [5.74, 6) is 0. The summed E-state index contributed by atoms with van der Waals surface area (Å²) in [6, 6.07) is 6.05. The highest BCUT2D eigenvalue weighted by Crippen LogP contribution is 2.26. The second kappa shape index (κ2) is 7.62. The Kier molecular flexibility index (Phi) is 6.47. The molecule has 0 unspecified atom stereocenters. The Morgan fingerprint density at radius 2 is 1.89 bits per heavy atom. The molecule has 102 valence electrons. The van der Waals surface area contributed by atoms with Crippen molar-refractivity contribution >= 4 is 17.3 Å². The first-order valence-electron chi connectivity index (χ1n) is 6.44. The topological polar surface area (TPSA) is 43.7 Å². The quantitative estimate of drug-likeness (QED) is 0.801. The molecule has 0 fully saturated rings. The van der Waals surface area contributed by atoms with Gasteiger partial charge in [0.05, 0.1) is 13.2 Å². The van der Waals surface area contributed by atoms with Crippen molar-refractivity contribution in [2.45, 2.75) is 39.3 Å². The van der Waals surface area contributed by atoms with E-state index in [0.717, 1.165) is 24.1 Å². The average Bonchev–Trinajstić information content (AvgIpc) is 2.39. The molecule has 2 N–H and O–H groups in total. The van der Waals surface area contributed by atoms with Crippen LogP contribution in [0.25, 0.3) is 0 Å². The maximum atomic E-state index is 9.19. The fourth-order valence-electron chi connectivity index (χ4n) is 2.20. The maximum absolute atomic E-state index is 9.19. The molecule has 4 heteroatoms. The summed E-state index contributed by atoms with van der Waals surface area (Å²) in [6.07, 6.45) is 2.05. The number of halogens is 1. The molecule has 0 radical (unpaired) electrons. The van der Waals surface area contributed by atoms with Gasteiger partial charge in [0.15, 0.2) is 0 Å². The second-order valence-electron chi connectivity index (χ2n) is 4.32. The molecule has 0 aromatic heterocycles. The van der Waals surface area contributed by atoms with E-state index >= 15 is 0 Å². The maximum Gasteiger partial charge on any atom is 0.0696 e. The van der Waals surface area contributed by atoms with Gasteiger partial charge in [-0.3, -0.25) is 0 Å². The van der Waals surface area contributed by atoms with Crippen molar-refractivity contribution in [1.82, 2.24) is 0 Å². The third-order valence-electron chi connectivity index (χ3n) is 3.26. The van der Waals surface area contributed by atoms with Gasteiger partial charge in [-0.2, -0.15) is 0 Å². The van der Waals surface area contributed by atoms with Crippen LogP contribution in [0.4, 0.5) is 5.69 Å². The number of aliphatic hydroxyl groups excluding tert-OH is 2. The van der Waals surface area contributed by atoms with Gasteiger partial charge in [0.1, 0.15) is 0 Å². The van der Waals surface area contributed by atoms with Gasteiger partial charge < -0.3 is 15.1 Å². The Balaban J connectivity index is 3.01. The van der Waals surface area contributed by atoms with Crippen molar-refractivity contribution in [1.29, 1.82) is 0 Å². The first-order valence-corrected chi connectivity index (χ1v) is 6.82. The van der Waals surface area contributed by atoms with Gasteiger partial charge >= 0.3 is 0 Å². The van der Waals surface area contributed by atoms with Gasteiger partial charge in [-0.25, -0.2) is 0 Å². The van der Waals surface area contributed by atoms with Gasteiger partial charge in [0.2, 0.25) is 0 Å². The molecule has 0 aliphatic heterocycles. The van der Waals surface area contributed by atoms with Crippen LogP contribution in [0.3, 0.4) is 0 Å². The van der Waals surface area contributed by atoms with Crippen molar-refractivity contribution in [3.8, 4) is 0 Å². The van der Waals surface area contributed by atoms with E-state index in [-0.39, 0.29) is 13.2 Å². The van der Waals surface area contributed by atoms with E-state index in [0.29, 0.717) is 17.6 Å². The minimum absolute atomic E-state index is 0.0515. The van der Waals surface area contributed by atoms with Gasteiger partial charge in [-0.1, -0.05) is 31.5 Å². The highest BCUT2D eigenvalue weighted by molar-refractivity contribution is 6.31. The molecule has 1 aromatic carbocycles. The standard InChI is InChI=1S/C14H22ClNO2/c1-3-12(4-2)16(7-8-17)13-6-5-11(10-18)14(15)9-13/h5-6,9,12,17-18H,3-4,7-8,10H2,1-2H3. The molecule has 0 saturated heterocycles. The van der Waals surface area contributed by atoms with E-state index in [1.54, 1.807) is 0 Å². The lowest BCUT2D eigenvalue weighted by atomic mass is 10.1. The van der Waals surface area contributed by atoms with Gasteiger partial charge in [0.25, 0.3) is 0 Å². The van der Waals surface area contributed by atoms with Crippen molar-refractivity contribution in [2.24, 2.45) is 0 Å². The van der Waals surface area contributed by atoms with E-state index in [2.05, 4.69) is 18.7 Å². The van der Waals surface area contributed by atoms with Crippen LogP contribution in [-0.4, -0.2) is 29.4 Å². The predicted molar refractivity (Wildman–Crippen MR) is 76.2 cm³/mol. The molecule has 3 nitrogen and oxygen atoms in total. The van der Waals surface area contributed by atoms with E-state index in [4.69, 9.17) is 16.7 Å². The number of anilines is 1. The first kappa shape index (κ1) is 15.3. The third-order valence-corrected chi connectivity index (χ3v) is 3.61. The Morgan fingerprint density at radius 3 is 2.33 bits per heavy atom. The zero-order valence-electron chi connectivity index (χ0n) is 11.1. The summed E-state index contributed by atoms with van der Waals surface area (Å²) in [4.78, 5) is 2.17. The van der Waals surface area contributed by atoms with Gasteiger partial charge in [-0.15, -0.1) is 0 Å². The van der Waals surface area contributed by atoms with E-state index in [9.17, 15) is 5.11 Å². The number of hydrogen-bond acceptors (Lipinski definition) is 3. The molecule has 18 heavy (non-hydrogen) atoms. The van der Waals surface area contributed by atoms with Crippen LogP contribution in [0.2, 0.25) is 5.02 Å². The highest BCUT2D eigenvalue weighted by atomic mass is 35.5. The van der Waals surface area contributed by atoms with Crippen LogP contribution < -0.4 is 4.90 Å². The minimum Gasteiger partial charge on any atom is -0.395 e. The number of benzene rings is 1. The van der Waals surface area contributed by atoms with Crippen molar-refractivity contribution in [3.05, 3.63) is 28.8 Å². The summed E-state index contributed by atoms with van der Waals surface area (Å²) in [7, 11) is 0. The normalized spacial score (nSPS) is 11.0. The van der Waals surface area contributed by atoms with Crippen LogP contribution in [0.5, 0.6) is 0 Å². The average molecular weight is 272 g/mol. The molecule has 0 aliphatic rings. The number of hydrogen-bond donors (Lipinski definition) is 2. The summed E-state index contributed by atoms with van der Waals surface area (Å²) >= 11 is 6.12. The zero-order chi connectivity index (χ0) is 13.5. The number of aliphatic hydroxyl groups is 2. The molecule has 0 aliphatic carbocycles. The molecular weight excluding hydrogens is 250 g/mol. The monoisotopic (exact) mass is 271 g/mol. The lowest BCUT2D eigenvalue weighted by Crippen LogP contribution is -2.36. The lowest BCUT2D eigenvalue weighted by molar-refractivity contribution is 0.282. The summed E-state index contributed by atoms with van der Waals surface area (Å²) in [6.45, 7) is 4.95. The predicted octanol–water partition coefficient (Wildman–Crippen LogP) is 2.82. The fraction of sp³-hybridized carbons (Fsp3) is 0.571. The Morgan fingerprint density at radius 1 is 1.22 bits per heavy atom. The Hall–Kier alpha value is -0.770. The molecule has 0 bridgehead atoms. The van der Waals surface area contributed by atoms with Crippen LogP contribution in [0, 0.1) is 0 Å². The van der Waals surface area contributed by atoms with Crippen LogP contribution in [-0.2, 0) is 6.61 Å². The van der Waals surface area contributed by atoms with Crippen LogP contribution in [0.15, 0.2) is 18.2 Å². The largest absolute Gasteiger partial charge is 0.395 e. The fourth-order valence-corrected chi connectivity index (χ4v) is 2.44. The summed E-state index contributed by atoms with van der Waals surface area (Å²) in [5, 5.41) is 18.9. The van der Waals surface area contributed by atoms with Crippen LogP contribution >= 0.6 is 11.6 Å². The second-order valence-corrected chi connectivity index (χ2v) is 4.73. The van der Waals surface area contributed by atoms with Crippen LogP contribution in [0.1, 0.15) is 32.3 Å². The molecule has 0 atom stereocenters. The molecule has 1 aromatic rings. The first-order chi connectivity index (χ1) is 8.67. The lowest BCUT2D eigenvalue weighted by Gasteiger charge is -2.32. The molecule has 0 saturated carbocycles. The van der Waals surface area contributed by atoms with Crippen molar-refractivity contribution in [3.63, 3.8) is 0 Å². The zero-order valence-corrected chi connectivity index (χ0v) is 11.8. The molecule has 0 amide bonds. The molecule has 1 rings (SSSR count). The molecule has 0 spiro atoms. The summed E-state index contributed by atoms with van der Waals surface area (Å²) < 4.78 is 0. The van der Waals surface area contributed by atoms with E-state index in [1.165, 1.54) is 0 Å². The highest BCUT2D eigenvalue weighted by Gasteiger charge is 2.16. The Labute approximate surface area is 114 Å². The third kappa shape index (κ3) is 3.61. The van der Waals surface area contributed by atoms with Crippen molar-refractivity contribution < 1.29 is 10.2 Å². The molecular formula is C14H22ClNO2. The van der Waals surface area contributed by atoms with Gasteiger partial charge in [0, 0.05) is 23.3 Å². The van der Waals surface area contributed by atoms with Gasteiger partial charge in [-0.05, 0) is 30.5 Å². The Bertz CT molecular complexity index is 367. The number of rotatable bonds is 7. The van der Waals surface area contributed by atoms with E-state index in [1.807, 2.05) is 18.2 Å². The summed E-state index contributed by atoms with van der Waals surface area (Å²) in [5.41, 5.74) is 1.73. The number of nitrogens with zero attached hydrogens (tertiary/aromatic N) is 1. The molecule has 0 heterocycles. The van der Waals surface area contributed by atoms with Crippen molar-refractivity contribution in [2.75, 3.05) is 18.1 Å². The minimum atomic E-state index is -0.0515. The SMILES string of the molecule is CCC(CC)N(CCO)c1ccc(CO)c(Cl)c1. The smallest absolute Gasteiger partial charge is 0.0696 e.